The van der Waals surface area contributed by atoms with Gasteiger partial charge in [0.05, 0.1) is 0 Å². The standard InChI is InChI=1S/C19H26ClFN4O2/c20-17-12-16(21)5-4-15(17)13-24-10-11-25(19(24)27)14-18(26)22-6-9-23-7-2-1-3-8-23/h4-5,12H,1-3,6-11,13-14H2,(H,22,26). The molecule has 2 aliphatic rings. The van der Waals surface area contributed by atoms with Gasteiger partial charge < -0.3 is 20.0 Å². The summed E-state index contributed by atoms with van der Waals surface area (Å²) in [5.74, 6) is -0.540. The van der Waals surface area contributed by atoms with Crippen LogP contribution in [0.25, 0.3) is 0 Å². The maximum atomic E-state index is 13.1. The van der Waals surface area contributed by atoms with Crippen LogP contribution in [0.2, 0.25) is 5.02 Å². The Morgan fingerprint density at radius 2 is 1.85 bits per heavy atom. The summed E-state index contributed by atoms with van der Waals surface area (Å²) < 4.78 is 13.1. The lowest BCUT2D eigenvalue weighted by molar-refractivity contribution is -0.121. The Morgan fingerprint density at radius 3 is 2.59 bits per heavy atom. The molecular weight excluding hydrogens is 371 g/mol. The van der Waals surface area contributed by atoms with Crippen LogP contribution in [0, 0.1) is 5.82 Å². The maximum absolute atomic E-state index is 13.1. The minimum Gasteiger partial charge on any atom is -0.353 e. The van der Waals surface area contributed by atoms with Crippen molar-refractivity contribution >= 4 is 23.5 Å². The summed E-state index contributed by atoms with van der Waals surface area (Å²) >= 11 is 6.04. The number of hydrogen-bond acceptors (Lipinski definition) is 3. The Labute approximate surface area is 164 Å². The molecule has 1 N–H and O–H groups in total. The van der Waals surface area contributed by atoms with Crippen molar-refractivity contribution in [2.45, 2.75) is 25.8 Å². The van der Waals surface area contributed by atoms with E-state index in [4.69, 9.17) is 11.6 Å². The first-order chi connectivity index (χ1) is 13.0. The molecule has 27 heavy (non-hydrogen) atoms. The molecule has 0 aromatic heterocycles. The first-order valence-electron chi connectivity index (χ1n) is 9.50. The molecule has 0 unspecified atom stereocenters. The van der Waals surface area contributed by atoms with E-state index in [2.05, 4.69) is 10.2 Å². The van der Waals surface area contributed by atoms with Gasteiger partial charge in [0.2, 0.25) is 5.91 Å². The van der Waals surface area contributed by atoms with E-state index < -0.39 is 5.82 Å². The summed E-state index contributed by atoms with van der Waals surface area (Å²) in [6, 6.07) is 3.96. The van der Waals surface area contributed by atoms with Crippen molar-refractivity contribution in [3.63, 3.8) is 0 Å². The largest absolute Gasteiger partial charge is 0.353 e. The summed E-state index contributed by atoms with van der Waals surface area (Å²) in [6.45, 7) is 5.05. The van der Waals surface area contributed by atoms with Gasteiger partial charge in [0.1, 0.15) is 12.4 Å². The third-order valence-electron chi connectivity index (χ3n) is 5.09. The van der Waals surface area contributed by atoms with Gasteiger partial charge in [0, 0.05) is 37.7 Å². The molecule has 0 aliphatic carbocycles. The number of urea groups is 1. The van der Waals surface area contributed by atoms with Crippen molar-refractivity contribution < 1.29 is 14.0 Å². The van der Waals surface area contributed by atoms with Crippen LogP contribution in [-0.2, 0) is 11.3 Å². The van der Waals surface area contributed by atoms with Crippen molar-refractivity contribution in [2.75, 3.05) is 45.8 Å². The molecule has 6 nitrogen and oxygen atoms in total. The highest BCUT2D eigenvalue weighted by molar-refractivity contribution is 6.31. The van der Waals surface area contributed by atoms with E-state index in [-0.39, 0.29) is 18.5 Å². The molecule has 2 heterocycles. The van der Waals surface area contributed by atoms with Gasteiger partial charge in [-0.3, -0.25) is 4.79 Å². The Bertz CT molecular complexity index is 682. The van der Waals surface area contributed by atoms with Crippen molar-refractivity contribution in [1.82, 2.24) is 20.0 Å². The number of benzene rings is 1. The molecule has 148 valence electrons. The number of nitrogens with zero attached hydrogens (tertiary/aromatic N) is 3. The number of amides is 3. The van der Waals surface area contributed by atoms with E-state index in [9.17, 15) is 14.0 Å². The van der Waals surface area contributed by atoms with Gasteiger partial charge in [0.15, 0.2) is 0 Å². The molecule has 3 amide bonds. The molecule has 3 rings (SSSR count). The number of hydrogen-bond donors (Lipinski definition) is 1. The summed E-state index contributed by atoms with van der Waals surface area (Å²) in [5.41, 5.74) is 0.694. The molecule has 2 fully saturated rings. The molecule has 0 bridgehead atoms. The molecule has 8 heteroatoms. The number of rotatable bonds is 7. The Hall–Kier alpha value is -1.86. The smallest absolute Gasteiger partial charge is 0.320 e. The SMILES string of the molecule is O=C(CN1CCN(Cc2ccc(F)cc2Cl)C1=O)NCCN1CCCCC1. The molecule has 0 saturated carbocycles. The molecule has 2 aliphatic heterocycles. The van der Waals surface area contributed by atoms with E-state index in [1.165, 1.54) is 36.3 Å². The molecule has 0 spiro atoms. The number of likely N-dealkylation sites (tertiary alicyclic amines) is 1. The fourth-order valence-corrected chi connectivity index (χ4v) is 3.77. The van der Waals surface area contributed by atoms with Gasteiger partial charge in [-0.2, -0.15) is 0 Å². The van der Waals surface area contributed by atoms with Gasteiger partial charge in [-0.1, -0.05) is 24.1 Å². The lowest BCUT2D eigenvalue weighted by atomic mass is 10.1. The average Bonchev–Trinajstić information content (AvgIpc) is 2.98. The predicted molar refractivity (Wildman–Crippen MR) is 102 cm³/mol. The highest BCUT2D eigenvalue weighted by atomic mass is 35.5. The van der Waals surface area contributed by atoms with E-state index in [0.717, 1.165) is 19.6 Å². The first kappa shape index (κ1) is 19.9. The van der Waals surface area contributed by atoms with Gasteiger partial charge in [-0.05, 0) is 43.6 Å². The highest BCUT2D eigenvalue weighted by Gasteiger charge is 2.30. The number of piperidine rings is 1. The maximum Gasteiger partial charge on any atom is 0.320 e. The van der Waals surface area contributed by atoms with Crippen LogP contribution in [0.3, 0.4) is 0 Å². The summed E-state index contributed by atoms with van der Waals surface area (Å²) in [4.78, 5) is 30.1. The van der Waals surface area contributed by atoms with E-state index in [0.29, 0.717) is 36.8 Å². The van der Waals surface area contributed by atoms with Crippen molar-refractivity contribution in [2.24, 2.45) is 0 Å². The number of carbonyl (C=O) groups is 2. The highest BCUT2D eigenvalue weighted by Crippen LogP contribution is 2.21. The molecular formula is C19H26ClFN4O2. The number of halogens is 2. The van der Waals surface area contributed by atoms with Gasteiger partial charge in [-0.25, -0.2) is 9.18 Å². The zero-order valence-electron chi connectivity index (χ0n) is 15.4. The van der Waals surface area contributed by atoms with Gasteiger partial charge in [-0.15, -0.1) is 0 Å². The second-order valence-electron chi connectivity index (χ2n) is 7.11. The summed E-state index contributed by atoms with van der Waals surface area (Å²) in [5, 5.41) is 3.20. The van der Waals surface area contributed by atoms with E-state index in [1.807, 2.05) is 0 Å². The van der Waals surface area contributed by atoms with E-state index >= 15 is 0 Å². The van der Waals surface area contributed by atoms with Crippen LogP contribution in [-0.4, -0.2) is 72.5 Å². The minimum absolute atomic E-state index is 0.0620. The zero-order valence-corrected chi connectivity index (χ0v) is 16.2. The third-order valence-corrected chi connectivity index (χ3v) is 5.44. The lowest BCUT2D eigenvalue weighted by Crippen LogP contribution is -2.42. The van der Waals surface area contributed by atoms with Crippen LogP contribution in [0.4, 0.5) is 9.18 Å². The first-order valence-corrected chi connectivity index (χ1v) is 9.87. The number of carbonyl (C=O) groups excluding carboxylic acids is 2. The monoisotopic (exact) mass is 396 g/mol. The second-order valence-corrected chi connectivity index (χ2v) is 7.52. The Balaban J connectivity index is 1.41. The second kappa shape index (κ2) is 9.37. The average molecular weight is 397 g/mol. The molecule has 1 aromatic rings. The number of nitrogens with one attached hydrogen (secondary N) is 1. The van der Waals surface area contributed by atoms with Crippen LogP contribution in [0.5, 0.6) is 0 Å². The van der Waals surface area contributed by atoms with E-state index in [1.54, 1.807) is 11.0 Å². The zero-order chi connectivity index (χ0) is 19.2. The predicted octanol–water partition coefficient (Wildman–Crippen LogP) is 2.32. The molecule has 0 radical (unpaired) electrons. The molecule has 2 saturated heterocycles. The molecule has 1 aromatic carbocycles. The fraction of sp³-hybridized carbons (Fsp3) is 0.579. The third kappa shape index (κ3) is 5.56. The van der Waals surface area contributed by atoms with Gasteiger partial charge in [0.25, 0.3) is 0 Å². The quantitative estimate of drug-likeness (QED) is 0.769. The molecule has 0 atom stereocenters. The van der Waals surface area contributed by atoms with Crippen molar-refractivity contribution in [3.8, 4) is 0 Å². The van der Waals surface area contributed by atoms with Gasteiger partial charge >= 0.3 is 6.03 Å². The Kier molecular flexibility index (Phi) is 6.90. The summed E-state index contributed by atoms with van der Waals surface area (Å²) in [7, 11) is 0. The topological polar surface area (TPSA) is 55.9 Å². The van der Waals surface area contributed by atoms with Crippen molar-refractivity contribution in [1.29, 1.82) is 0 Å². The van der Waals surface area contributed by atoms with Crippen LogP contribution >= 0.6 is 11.6 Å². The fourth-order valence-electron chi connectivity index (χ4n) is 3.55. The Morgan fingerprint density at radius 1 is 1.11 bits per heavy atom. The van der Waals surface area contributed by atoms with Crippen molar-refractivity contribution in [3.05, 3.63) is 34.6 Å². The van der Waals surface area contributed by atoms with Crippen LogP contribution in [0.1, 0.15) is 24.8 Å². The van der Waals surface area contributed by atoms with Crippen LogP contribution in [0.15, 0.2) is 18.2 Å². The van der Waals surface area contributed by atoms with Crippen LogP contribution < -0.4 is 5.32 Å². The summed E-state index contributed by atoms with van der Waals surface area (Å²) in [6.07, 6.45) is 3.74. The lowest BCUT2D eigenvalue weighted by Gasteiger charge is -2.26. The minimum atomic E-state index is -0.403. The normalized spacial score (nSPS) is 18.2.